The van der Waals surface area contributed by atoms with E-state index in [0.29, 0.717) is 13.1 Å². The van der Waals surface area contributed by atoms with Gasteiger partial charge in [0.25, 0.3) is 0 Å². The normalized spacial score (nSPS) is 11.9. The van der Waals surface area contributed by atoms with Crippen LogP contribution in [0, 0.1) is 6.92 Å². The van der Waals surface area contributed by atoms with Crippen molar-refractivity contribution in [1.82, 2.24) is 15.0 Å². The molecule has 1 aromatic rings. The number of sulfonamides is 1. The topological polar surface area (TPSA) is 71.1 Å². The van der Waals surface area contributed by atoms with Gasteiger partial charge in [0.2, 0.25) is 10.0 Å². The van der Waals surface area contributed by atoms with Crippen molar-refractivity contribution in [3.8, 4) is 0 Å². The Bertz CT molecular complexity index is 414. The Morgan fingerprint density at radius 3 is 2.81 bits per heavy atom. The van der Waals surface area contributed by atoms with Crippen molar-refractivity contribution in [2.75, 3.05) is 18.8 Å². The molecule has 0 bridgehead atoms. The minimum atomic E-state index is -3.18. The third kappa shape index (κ3) is 4.56. The van der Waals surface area contributed by atoms with Crippen molar-refractivity contribution in [2.45, 2.75) is 20.4 Å². The largest absolute Gasteiger partial charge is 0.316 e. The van der Waals surface area contributed by atoms with E-state index in [1.807, 2.05) is 13.8 Å². The van der Waals surface area contributed by atoms with E-state index in [9.17, 15) is 8.42 Å². The zero-order valence-corrected chi connectivity index (χ0v) is 11.1. The van der Waals surface area contributed by atoms with Crippen molar-refractivity contribution < 1.29 is 8.42 Å². The molecule has 0 radical (unpaired) electrons. The quantitative estimate of drug-likeness (QED) is 0.702. The molecule has 0 saturated carbocycles. The van der Waals surface area contributed by atoms with E-state index < -0.39 is 10.0 Å². The lowest BCUT2D eigenvalue weighted by atomic mass is 10.4. The zero-order valence-electron chi connectivity index (χ0n) is 9.49. The SMILES string of the molecule is CCNCCS(=O)(=O)NCc1scnc1C. The summed E-state index contributed by atoms with van der Waals surface area (Å²) in [6.45, 7) is 5.42. The van der Waals surface area contributed by atoms with Crippen LogP contribution < -0.4 is 10.0 Å². The maximum Gasteiger partial charge on any atom is 0.213 e. The van der Waals surface area contributed by atoms with Crippen LogP contribution in [0.3, 0.4) is 0 Å². The molecule has 0 unspecified atom stereocenters. The van der Waals surface area contributed by atoms with Gasteiger partial charge in [-0.15, -0.1) is 11.3 Å². The number of hydrogen-bond donors (Lipinski definition) is 2. The maximum absolute atomic E-state index is 11.5. The molecule has 0 saturated heterocycles. The molecule has 1 rings (SSSR count). The first-order valence-electron chi connectivity index (χ1n) is 5.12. The molecule has 0 aliphatic heterocycles. The summed E-state index contributed by atoms with van der Waals surface area (Å²) in [4.78, 5) is 5.03. The van der Waals surface area contributed by atoms with E-state index in [4.69, 9.17) is 0 Å². The first kappa shape index (κ1) is 13.6. The first-order valence-corrected chi connectivity index (χ1v) is 7.65. The van der Waals surface area contributed by atoms with Gasteiger partial charge < -0.3 is 5.32 Å². The van der Waals surface area contributed by atoms with Gasteiger partial charge in [0.15, 0.2) is 0 Å². The summed E-state index contributed by atoms with van der Waals surface area (Å²) in [5.41, 5.74) is 2.61. The monoisotopic (exact) mass is 263 g/mol. The molecule has 2 N–H and O–H groups in total. The Morgan fingerprint density at radius 2 is 2.25 bits per heavy atom. The molecule has 0 spiro atoms. The van der Waals surface area contributed by atoms with Gasteiger partial charge in [0.05, 0.1) is 17.0 Å². The summed E-state index contributed by atoms with van der Waals surface area (Å²) in [6.07, 6.45) is 0. The van der Waals surface area contributed by atoms with Crippen LogP contribution in [0.1, 0.15) is 17.5 Å². The minimum Gasteiger partial charge on any atom is -0.316 e. The van der Waals surface area contributed by atoms with E-state index in [0.717, 1.165) is 17.1 Å². The Balaban J connectivity index is 2.39. The second kappa shape index (κ2) is 6.29. The number of nitrogens with one attached hydrogen (secondary N) is 2. The Morgan fingerprint density at radius 1 is 1.50 bits per heavy atom. The molecule has 0 aromatic carbocycles. The fraction of sp³-hybridized carbons (Fsp3) is 0.667. The summed E-state index contributed by atoms with van der Waals surface area (Å²) in [6, 6.07) is 0. The van der Waals surface area contributed by atoms with Gasteiger partial charge in [-0.3, -0.25) is 0 Å². The summed E-state index contributed by atoms with van der Waals surface area (Å²) < 4.78 is 25.7. The lowest BCUT2D eigenvalue weighted by Gasteiger charge is -2.06. The third-order valence-electron chi connectivity index (χ3n) is 2.10. The number of aryl methyl sites for hydroxylation is 1. The van der Waals surface area contributed by atoms with Crippen LogP contribution in [0.25, 0.3) is 0 Å². The lowest BCUT2D eigenvalue weighted by molar-refractivity contribution is 0.577. The maximum atomic E-state index is 11.5. The summed E-state index contributed by atoms with van der Waals surface area (Å²) in [7, 11) is -3.18. The van der Waals surface area contributed by atoms with Crippen LogP contribution in [0.2, 0.25) is 0 Å². The average molecular weight is 263 g/mol. The summed E-state index contributed by atoms with van der Waals surface area (Å²) in [5, 5.41) is 2.98. The smallest absolute Gasteiger partial charge is 0.213 e. The zero-order chi connectivity index (χ0) is 12.0. The third-order valence-corrected chi connectivity index (χ3v) is 4.36. The van der Waals surface area contributed by atoms with Gasteiger partial charge in [-0.05, 0) is 13.5 Å². The fourth-order valence-electron chi connectivity index (χ4n) is 1.13. The van der Waals surface area contributed by atoms with E-state index in [1.54, 1.807) is 5.51 Å². The Labute approximate surface area is 100 Å². The molecule has 0 aliphatic rings. The van der Waals surface area contributed by atoms with Crippen molar-refractivity contribution in [3.63, 3.8) is 0 Å². The molecule has 0 amide bonds. The molecule has 0 fully saturated rings. The molecule has 1 aromatic heterocycles. The molecule has 5 nitrogen and oxygen atoms in total. The average Bonchev–Trinajstić information content (AvgIpc) is 2.62. The second-order valence-electron chi connectivity index (χ2n) is 3.35. The summed E-state index contributed by atoms with van der Waals surface area (Å²) in [5.74, 6) is 0.110. The number of hydrogen-bond acceptors (Lipinski definition) is 5. The van der Waals surface area contributed by atoms with Crippen molar-refractivity contribution in [1.29, 1.82) is 0 Å². The first-order chi connectivity index (χ1) is 7.55. The standard InChI is InChI=1S/C9H17N3O2S2/c1-3-10-4-5-16(13,14)12-6-9-8(2)11-7-15-9/h7,10,12H,3-6H2,1-2H3. The molecule has 0 aliphatic carbocycles. The Kier molecular flexibility index (Phi) is 5.33. The van der Waals surface area contributed by atoms with Crippen molar-refractivity contribution in [2.24, 2.45) is 0 Å². The van der Waals surface area contributed by atoms with Crippen LogP contribution in [0.4, 0.5) is 0 Å². The predicted octanol–water partition coefficient (Wildman–Crippen LogP) is 0.480. The molecule has 1 heterocycles. The van der Waals surface area contributed by atoms with Crippen LogP contribution in [0.15, 0.2) is 5.51 Å². The molecule has 92 valence electrons. The van der Waals surface area contributed by atoms with Crippen molar-refractivity contribution in [3.05, 3.63) is 16.1 Å². The van der Waals surface area contributed by atoms with Crippen LogP contribution in [-0.4, -0.2) is 32.2 Å². The number of thiazole rings is 1. The van der Waals surface area contributed by atoms with Gasteiger partial charge in [0, 0.05) is 18.0 Å². The second-order valence-corrected chi connectivity index (χ2v) is 6.22. The van der Waals surface area contributed by atoms with E-state index in [2.05, 4.69) is 15.0 Å². The summed E-state index contributed by atoms with van der Waals surface area (Å²) >= 11 is 1.46. The van der Waals surface area contributed by atoms with Crippen LogP contribution in [0.5, 0.6) is 0 Å². The van der Waals surface area contributed by atoms with Gasteiger partial charge in [-0.2, -0.15) is 0 Å². The van der Waals surface area contributed by atoms with E-state index in [1.165, 1.54) is 11.3 Å². The van der Waals surface area contributed by atoms with Crippen molar-refractivity contribution >= 4 is 21.4 Å². The Hall–Kier alpha value is -0.500. The molecule has 16 heavy (non-hydrogen) atoms. The number of rotatable bonds is 7. The number of nitrogens with zero attached hydrogens (tertiary/aromatic N) is 1. The highest BCUT2D eigenvalue weighted by Gasteiger charge is 2.10. The number of aromatic nitrogens is 1. The highest BCUT2D eigenvalue weighted by atomic mass is 32.2. The molecular weight excluding hydrogens is 246 g/mol. The molecule has 0 atom stereocenters. The fourth-order valence-corrected chi connectivity index (χ4v) is 2.86. The van der Waals surface area contributed by atoms with Crippen LogP contribution in [-0.2, 0) is 16.6 Å². The van der Waals surface area contributed by atoms with Gasteiger partial charge in [0.1, 0.15) is 0 Å². The van der Waals surface area contributed by atoms with Gasteiger partial charge in [-0.25, -0.2) is 18.1 Å². The lowest BCUT2D eigenvalue weighted by Crippen LogP contribution is -2.31. The minimum absolute atomic E-state index is 0.110. The van der Waals surface area contributed by atoms with E-state index in [-0.39, 0.29) is 5.75 Å². The van der Waals surface area contributed by atoms with Gasteiger partial charge in [-0.1, -0.05) is 6.92 Å². The van der Waals surface area contributed by atoms with Crippen LogP contribution >= 0.6 is 11.3 Å². The highest BCUT2D eigenvalue weighted by molar-refractivity contribution is 7.89. The molecular formula is C9H17N3O2S2. The molecule has 7 heteroatoms. The highest BCUT2D eigenvalue weighted by Crippen LogP contribution is 2.11. The van der Waals surface area contributed by atoms with Gasteiger partial charge >= 0.3 is 0 Å². The van der Waals surface area contributed by atoms with E-state index >= 15 is 0 Å². The predicted molar refractivity (Wildman–Crippen MR) is 66.0 cm³/mol.